The molecule has 0 unspecified atom stereocenters. The Labute approximate surface area is 82.1 Å². The first-order valence-corrected chi connectivity index (χ1v) is 3.76. The van der Waals surface area contributed by atoms with E-state index in [1.165, 1.54) is 0 Å². The molecule has 0 bridgehead atoms. The van der Waals surface area contributed by atoms with Gasteiger partial charge in [0.2, 0.25) is 0 Å². The van der Waals surface area contributed by atoms with Crippen LogP contribution >= 0.6 is 0 Å². The molecule has 0 atom stereocenters. The summed E-state index contributed by atoms with van der Waals surface area (Å²) in [6.07, 6.45) is -3.61. The molecule has 0 amide bonds. The minimum Gasteiger partial charge on any atom is -0.476 e. The molecule has 0 aliphatic carbocycles. The molecule has 5 nitrogen and oxygen atoms in total. The fourth-order valence-corrected chi connectivity index (χ4v) is 0.874. The van der Waals surface area contributed by atoms with Crippen molar-refractivity contribution in [2.45, 2.75) is 6.18 Å². The molecular formula is C7H7F3N2O3. The lowest BCUT2D eigenvalue weighted by Crippen LogP contribution is -2.31. The van der Waals surface area contributed by atoms with Gasteiger partial charge in [-0.2, -0.15) is 18.2 Å². The number of nitrogens with zero attached hydrogens (tertiary/aromatic N) is 2. The van der Waals surface area contributed by atoms with Crippen LogP contribution in [0.2, 0.25) is 0 Å². The number of alkyl halides is 3. The van der Waals surface area contributed by atoms with Crippen LogP contribution in [0.25, 0.3) is 0 Å². The molecule has 8 heteroatoms. The van der Waals surface area contributed by atoms with Crippen molar-refractivity contribution >= 4 is 12.0 Å². The van der Waals surface area contributed by atoms with Crippen molar-refractivity contribution in [2.24, 2.45) is 0 Å². The number of rotatable bonds is 3. The zero-order chi connectivity index (χ0) is 11.6. The number of anilines is 1. The highest BCUT2D eigenvalue weighted by Gasteiger charge is 2.31. The van der Waals surface area contributed by atoms with Crippen LogP contribution in [-0.4, -0.2) is 35.8 Å². The van der Waals surface area contributed by atoms with Gasteiger partial charge in [0.1, 0.15) is 12.8 Å². The van der Waals surface area contributed by atoms with Crippen LogP contribution in [0.3, 0.4) is 0 Å². The fourth-order valence-electron chi connectivity index (χ4n) is 0.874. The Morgan fingerprint density at radius 3 is 2.67 bits per heavy atom. The van der Waals surface area contributed by atoms with Gasteiger partial charge in [-0.1, -0.05) is 0 Å². The summed E-state index contributed by atoms with van der Waals surface area (Å²) in [5, 5.41) is 8.45. The standard InChI is InChI=1S/C7H7F3N2O3/c1-12(3-7(8,9)10)6-11-4(2-15-6)5(13)14/h2H,3H2,1H3,(H,13,14). The van der Waals surface area contributed by atoms with E-state index in [0.29, 0.717) is 4.90 Å². The zero-order valence-corrected chi connectivity index (χ0v) is 7.58. The fraction of sp³-hybridized carbons (Fsp3) is 0.429. The molecule has 0 radical (unpaired) electrons. The molecule has 1 rings (SSSR count). The van der Waals surface area contributed by atoms with Crippen LogP contribution < -0.4 is 4.90 Å². The molecule has 0 aromatic carbocycles. The molecule has 15 heavy (non-hydrogen) atoms. The van der Waals surface area contributed by atoms with Crippen molar-refractivity contribution in [3.63, 3.8) is 0 Å². The minimum absolute atomic E-state index is 0.385. The van der Waals surface area contributed by atoms with Crippen LogP contribution in [-0.2, 0) is 0 Å². The second-order valence-corrected chi connectivity index (χ2v) is 2.79. The maximum Gasteiger partial charge on any atom is 0.406 e. The monoisotopic (exact) mass is 224 g/mol. The van der Waals surface area contributed by atoms with Gasteiger partial charge in [-0.3, -0.25) is 0 Å². The second-order valence-electron chi connectivity index (χ2n) is 2.79. The third-order valence-corrected chi connectivity index (χ3v) is 1.45. The minimum atomic E-state index is -4.40. The topological polar surface area (TPSA) is 66.6 Å². The lowest BCUT2D eigenvalue weighted by Gasteiger charge is -2.15. The molecule has 1 aromatic rings. The van der Waals surface area contributed by atoms with E-state index in [1.54, 1.807) is 0 Å². The van der Waals surface area contributed by atoms with Gasteiger partial charge in [-0.05, 0) is 0 Å². The number of carbonyl (C=O) groups is 1. The van der Waals surface area contributed by atoms with E-state index in [9.17, 15) is 18.0 Å². The van der Waals surface area contributed by atoms with E-state index >= 15 is 0 Å². The van der Waals surface area contributed by atoms with Crippen molar-refractivity contribution < 1.29 is 27.5 Å². The van der Waals surface area contributed by atoms with Gasteiger partial charge in [-0.25, -0.2) is 4.79 Å². The molecule has 1 aromatic heterocycles. The highest BCUT2D eigenvalue weighted by molar-refractivity contribution is 5.85. The Bertz CT molecular complexity index is 361. The molecule has 0 fully saturated rings. The van der Waals surface area contributed by atoms with Gasteiger partial charge in [0.25, 0.3) is 6.01 Å². The van der Waals surface area contributed by atoms with Gasteiger partial charge in [0, 0.05) is 7.05 Å². The van der Waals surface area contributed by atoms with Crippen LogP contribution in [0.4, 0.5) is 19.2 Å². The predicted octanol–water partition coefficient (Wildman–Crippen LogP) is 1.37. The van der Waals surface area contributed by atoms with Crippen molar-refractivity contribution in [1.29, 1.82) is 0 Å². The Kier molecular flexibility index (Phi) is 2.87. The summed E-state index contributed by atoms with van der Waals surface area (Å²) in [5.41, 5.74) is -0.431. The molecule has 1 heterocycles. The quantitative estimate of drug-likeness (QED) is 0.839. The number of aromatic nitrogens is 1. The Morgan fingerprint density at radius 2 is 2.27 bits per heavy atom. The number of halogens is 3. The highest BCUT2D eigenvalue weighted by Crippen LogP contribution is 2.20. The predicted molar refractivity (Wildman–Crippen MR) is 42.8 cm³/mol. The maximum atomic E-state index is 11.9. The number of aromatic carboxylic acids is 1. The molecule has 1 N–H and O–H groups in total. The largest absolute Gasteiger partial charge is 0.476 e. The van der Waals surface area contributed by atoms with Gasteiger partial charge in [-0.15, -0.1) is 0 Å². The number of hydrogen-bond donors (Lipinski definition) is 1. The van der Waals surface area contributed by atoms with E-state index in [0.717, 1.165) is 13.3 Å². The molecule has 0 aliphatic rings. The van der Waals surface area contributed by atoms with Crippen LogP contribution in [0.5, 0.6) is 0 Å². The third kappa shape index (κ3) is 3.15. The van der Waals surface area contributed by atoms with Gasteiger partial charge >= 0.3 is 12.1 Å². The first-order chi connectivity index (χ1) is 6.79. The van der Waals surface area contributed by atoms with E-state index < -0.39 is 24.4 Å². The zero-order valence-electron chi connectivity index (χ0n) is 7.58. The average Bonchev–Trinajstić information content (AvgIpc) is 2.47. The van der Waals surface area contributed by atoms with Crippen LogP contribution in [0, 0.1) is 0 Å². The number of carboxylic acid groups (broad SMARTS) is 1. The lowest BCUT2D eigenvalue weighted by atomic mass is 10.5. The normalized spacial score (nSPS) is 11.5. The van der Waals surface area contributed by atoms with Crippen molar-refractivity contribution in [2.75, 3.05) is 18.5 Å². The molecular weight excluding hydrogens is 217 g/mol. The van der Waals surface area contributed by atoms with Gasteiger partial charge < -0.3 is 14.4 Å². The Hall–Kier alpha value is -1.73. The summed E-state index contributed by atoms with van der Waals surface area (Å²) < 4.78 is 40.4. The molecule has 0 saturated carbocycles. The smallest absolute Gasteiger partial charge is 0.406 e. The molecule has 84 valence electrons. The molecule has 0 aliphatic heterocycles. The number of oxazole rings is 1. The van der Waals surface area contributed by atoms with Crippen LogP contribution in [0.15, 0.2) is 10.7 Å². The summed E-state index contributed by atoms with van der Waals surface area (Å²) >= 11 is 0. The van der Waals surface area contributed by atoms with Crippen molar-refractivity contribution in [3.05, 3.63) is 12.0 Å². The second kappa shape index (κ2) is 3.79. The van der Waals surface area contributed by atoms with Crippen LogP contribution in [0.1, 0.15) is 10.5 Å². The van der Waals surface area contributed by atoms with E-state index in [4.69, 9.17) is 5.11 Å². The lowest BCUT2D eigenvalue weighted by molar-refractivity contribution is -0.119. The van der Waals surface area contributed by atoms with E-state index in [1.807, 2.05) is 0 Å². The number of carboxylic acids is 1. The van der Waals surface area contributed by atoms with Crippen molar-refractivity contribution in [1.82, 2.24) is 4.98 Å². The summed E-state index contributed by atoms with van der Waals surface area (Å²) in [5.74, 6) is -1.36. The average molecular weight is 224 g/mol. The van der Waals surface area contributed by atoms with E-state index in [2.05, 4.69) is 9.40 Å². The molecule has 0 saturated heterocycles. The SMILES string of the molecule is CN(CC(F)(F)F)c1nc(C(=O)O)co1. The van der Waals surface area contributed by atoms with Gasteiger partial charge in [0.15, 0.2) is 5.69 Å². The first kappa shape index (κ1) is 11.3. The van der Waals surface area contributed by atoms with Crippen molar-refractivity contribution in [3.8, 4) is 0 Å². The van der Waals surface area contributed by atoms with Gasteiger partial charge in [0.05, 0.1) is 0 Å². The maximum absolute atomic E-state index is 11.9. The first-order valence-electron chi connectivity index (χ1n) is 3.76. The summed E-state index contributed by atoms with van der Waals surface area (Å²) in [4.78, 5) is 14.4. The van der Waals surface area contributed by atoms with E-state index in [-0.39, 0.29) is 6.01 Å². The summed E-state index contributed by atoms with van der Waals surface area (Å²) in [6.45, 7) is -1.26. The number of hydrogen-bond acceptors (Lipinski definition) is 4. The Balaban J connectivity index is 2.74. The Morgan fingerprint density at radius 1 is 1.67 bits per heavy atom. The summed E-state index contributed by atoms with van der Waals surface area (Å²) in [6, 6.07) is -0.385. The summed E-state index contributed by atoms with van der Waals surface area (Å²) in [7, 11) is 1.10. The highest BCUT2D eigenvalue weighted by atomic mass is 19.4. The molecule has 0 spiro atoms. The third-order valence-electron chi connectivity index (χ3n) is 1.45.